The van der Waals surface area contributed by atoms with Gasteiger partial charge in [-0.15, -0.1) is 10.2 Å². The Morgan fingerprint density at radius 2 is 2.11 bits per heavy atom. The number of H-pyrrole nitrogens is 1. The summed E-state index contributed by atoms with van der Waals surface area (Å²) in [5, 5.41) is 14.0. The van der Waals surface area contributed by atoms with E-state index in [-0.39, 0.29) is 0 Å². The van der Waals surface area contributed by atoms with E-state index in [1.54, 1.807) is 0 Å². The van der Waals surface area contributed by atoms with Crippen LogP contribution in [-0.2, 0) is 6.42 Å². The van der Waals surface area contributed by atoms with Gasteiger partial charge in [0, 0.05) is 25.2 Å². The topological polar surface area (TPSA) is 57.7 Å². The highest BCUT2D eigenvalue weighted by molar-refractivity contribution is 5.47. The summed E-state index contributed by atoms with van der Waals surface area (Å²) in [7, 11) is 0. The number of rotatable bonds is 6. The van der Waals surface area contributed by atoms with Crippen molar-refractivity contribution in [1.82, 2.24) is 20.6 Å². The second-order valence-corrected chi connectivity index (χ2v) is 4.29. The molecular weight excluding hydrogens is 226 g/mol. The lowest BCUT2D eigenvalue weighted by Crippen LogP contribution is -2.27. The Morgan fingerprint density at radius 1 is 1.33 bits per heavy atom. The number of hydrogen-bond donors (Lipinski definition) is 1. The highest BCUT2D eigenvalue weighted by atomic mass is 15.5. The van der Waals surface area contributed by atoms with Crippen molar-refractivity contribution in [2.24, 2.45) is 0 Å². The van der Waals surface area contributed by atoms with E-state index in [0.717, 1.165) is 30.9 Å². The van der Waals surface area contributed by atoms with Gasteiger partial charge in [-0.25, -0.2) is 0 Å². The Kier molecular flexibility index (Phi) is 4.06. The van der Waals surface area contributed by atoms with Crippen LogP contribution in [0.2, 0.25) is 0 Å². The number of aromatic amines is 1. The monoisotopic (exact) mass is 243 g/mol. The zero-order valence-corrected chi connectivity index (χ0v) is 10.5. The molecule has 1 N–H and O–H groups in total. The van der Waals surface area contributed by atoms with Crippen molar-refractivity contribution in [2.75, 3.05) is 18.0 Å². The maximum atomic E-state index is 3.97. The molecule has 0 aliphatic rings. The molecule has 1 aromatic heterocycles. The number of hydrogen-bond acceptors (Lipinski definition) is 4. The molecule has 0 aliphatic carbocycles. The molecule has 2 rings (SSSR count). The molecule has 0 amide bonds. The molecule has 0 saturated heterocycles. The molecule has 18 heavy (non-hydrogen) atoms. The van der Waals surface area contributed by atoms with Gasteiger partial charge < -0.3 is 4.90 Å². The number of para-hydroxylation sites is 1. The molecule has 1 aromatic carbocycles. The maximum absolute atomic E-state index is 3.97. The van der Waals surface area contributed by atoms with Crippen molar-refractivity contribution in [3.05, 3.63) is 48.3 Å². The summed E-state index contributed by atoms with van der Waals surface area (Å²) in [5.41, 5.74) is 2.32. The third-order valence-corrected chi connectivity index (χ3v) is 2.58. The smallest absolute Gasteiger partial charge is 0.176 e. The summed E-state index contributed by atoms with van der Waals surface area (Å²) in [5.74, 6) is 0.734. The Balaban J connectivity index is 2.03. The average molecular weight is 243 g/mol. The van der Waals surface area contributed by atoms with Crippen LogP contribution in [-0.4, -0.2) is 33.7 Å². The Labute approximate surface area is 107 Å². The lowest BCUT2D eigenvalue weighted by molar-refractivity contribution is 0.784. The molecule has 0 fully saturated rings. The highest BCUT2D eigenvalue weighted by Crippen LogP contribution is 2.14. The molecule has 0 saturated carbocycles. The molecule has 94 valence electrons. The number of tetrazole rings is 1. The van der Waals surface area contributed by atoms with Gasteiger partial charge in [0.2, 0.25) is 0 Å². The molecule has 0 aliphatic heterocycles. The maximum Gasteiger partial charge on any atom is 0.176 e. The molecule has 0 atom stereocenters. The molecule has 2 aromatic rings. The van der Waals surface area contributed by atoms with Gasteiger partial charge in [-0.2, -0.15) is 5.21 Å². The van der Waals surface area contributed by atoms with E-state index < -0.39 is 0 Å². The largest absolute Gasteiger partial charge is 0.367 e. The van der Waals surface area contributed by atoms with Crippen LogP contribution in [0.25, 0.3) is 0 Å². The van der Waals surface area contributed by atoms with E-state index in [1.807, 2.05) is 25.1 Å². The van der Waals surface area contributed by atoms with Gasteiger partial charge in [0.25, 0.3) is 0 Å². The number of benzene rings is 1. The Hall–Kier alpha value is -2.17. The van der Waals surface area contributed by atoms with Crippen LogP contribution in [0.1, 0.15) is 12.7 Å². The van der Waals surface area contributed by atoms with E-state index in [4.69, 9.17) is 0 Å². The lowest BCUT2D eigenvalue weighted by Gasteiger charge is -2.24. The average Bonchev–Trinajstić information content (AvgIpc) is 2.88. The van der Waals surface area contributed by atoms with Gasteiger partial charge in [-0.05, 0) is 19.1 Å². The zero-order valence-electron chi connectivity index (χ0n) is 10.5. The lowest BCUT2D eigenvalue weighted by atomic mass is 10.2. The third kappa shape index (κ3) is 3.41. The Morgan fingerprint density at radius 3 is 2.72 bits per heavy atom. The van der Waals surface area contributed by atoms with Crippen LogP contribution in [0, 0.1) is 0 Å². The molecule has 0 radical (unpaired) electrons. The first kappa shape index (κ1) is 12.3. The molecule has 0 bridgehead atoms. The Bertz CT molecular complexity index is 477. The number of nitrogens with one attached hydrogen (secondary N) is 1. The summed E-state index contributed by atoms with van der Waals surface area (Å²) >= 11 is 0. The zero-order chi connectivity index (χ0) is 12.8. The third-order valence-electron chi connectivity index (χ3n) is 2.58. The predicted octanol–water partition coefficient (Wildman–Crippen LogP) is 1.82. The van der Waals surface area contributed by atoms with E-state index in [0.29, 0.717) is 0 Å². The van der Waals surface area contributed by atoms with Crippen LogP contribution in [0.4, 0.5) is 5.69 Å². The minimum absolute atomic E-state index is 0.734. The van der Waals surface area contributed by atoms with E-state index >= 15 is 0 Å². The van der Waals surface area contributed by atoms with Gasteiger partial charge in [0.05, 0.1) is 0 Å². The highest BCUT2D eigenvalue weighted by Gasteiger charge is 2.08. The number of nitrogens with zero attached hydrogens (tertiary/aromatic N) is 4. The van der Waals surface area contributed by atoms with Crippen molar-refractivity contribution >= 4 is 5.69 Å². The minimum atomic E-state index is 0.734. The second kappa shape index (κ2) is 5.95. The molecule has 5 nitrogen and oxygen atoms in total. The molecule has 1 heterocycles. The number of aromatic nitrogens is 4. The van der Waals surface area contributed by atoms with Crippen molar-refractivity contribution < 1.29 is 0 Å². The van der Waals surface area contributed by atoms with Crippen LogP contribution in [0.3, 0.4) is 0 Å². The minimum Gasteiger partial charge on any atom is -0.367 e. The van der Waals surface area contributed by atoms with E-state index in [2.05, 4.69) is 44.2 Å². The van der Waals surface area contributed by atoms with Gasteiger partial charge in [-0.1, -0.05) is 35.6 Å². The fourth-order valence-corrected chi connectivity index (χ4v) is 1.79. The predicted molar refractivity (Wildman–Crippen MR) is 71.4 cm³/mol. The van der Waals surface area contributed by atoms with Crippen molar-refractivity contribution in [2.45, 2.75) is 13.3 Å². The summed E-state index contributed by atoms with van der Waals surface area (Å²) in [6, 6.07) is 10.3. The number of anilines is 1. The van der Waals surface area contributed by atoms with Crippen LogP contribution >= 0.6 is 0 Å². The first-order chi connectivity index (χ1) is 8.75. The van der Waals surface area contributed by atoms with E-state index in [9.17, 15) is 0 Å². The first-order valence-corrected chi connectivity index (χ1v) is 5.92. The summed E-state index contributed by atoms with van der Waals surface area (Å²) < 4.78 is 0. The SMILES string of the molecule is C=C(C)CN(CCc1nn[nH]n1)c1ccccc1. The first-order valence-electron chi connectivity index (χ1n) is 5.92. The van der Waals surface area contributed by atoms with Gasteiger partial charge in [0.15, 0.2) is 5.82 Å². The molecular formula is C13H17N5. The van der Waals surface area contributed by atoms with Crippen molar-refractivity contribution in [3.63, 3.8) is 0 Å². The van der Waals surface area contributed by atoms with Gasteiger partial charge in [-0.3, -0.25) is 0 Å². The quantitative estimate of drug-likeness (QED) is 0.786. The van der Waals surface area contributed by atoms with Gasteiger partial charge >= 0.3 is 0 Å². The van der Waals surface area contributed by atoms with Crippen molar-refractivity contribution in [3.8, 4) is 0 Å². The molecule has 0 spiro atoms. The van der Waals surface area contributed by atoms with Crippen molar-refractivity contribution in [1.29, 1.82) is 0 Å². The second-order valence-electron chi connectivity index (χ2n) is 4.29. The van der Waals surface area contributed by atoms with Crippen LogP contribution in [0.5, 0.6) is 0 Å². The fourth-order valence-electron chi connectivity index (χ4n) is 1.79. The van der Waals surface area contributed by atoms with E-state index in [1.165, 1.54) is 5.69 Å². The normalized spacial score (nSPS) is 10.3. The van der Waals surface area contributed by atoms with Gasteiger partial charge in [0.1, 0.15) is 0 Å². The van der Waals surface area contributed by atoms with Crippen LogP contribution in [0.15, 0.2) is 42.5 Å². The summed E-state index contributed by atoms with van der Waals surface area (Å²) in [6.07, 6.45) is 0.763. The van der Waals surface area contributed by atoms with Crippen LogP contribution < -0.4 is 4.90 Å². The molecule has 0 unspecified atom stereocenters. The standard InChI is InChI=1S/C13H17N5/c1-11(2)10-18(12-6-4-3-5-7-12)9-8-13-14-16-17-15-13/h3-7H,1,8-10H2,2H3,(H,14,15,16,17). The molecule has 5 heteroatoms. The summed E-state index contributed by atoms with van der Waals surface area (Å²) in [6.45, 7) is 7.68. The summed E-state index contributed by atoms with van der Waals surface area (Å²) in [4.78, 5) is 2.26. The fraction of sp³-hybridized carbons (Fsp3) is 0.308.